The molecule has 0 unspecified atom stereocenters. The van der Waals surface area contributed by atoms with Crippen LogP contribution in [0.3, 0.4) is 0 Å². The standard InChI is InChI=1S/C10H17N3O2/c1-7-8(5-15-13-7)4-9(14)12-6-10(2,3)11/h5H,4,6,11H2,1-3H3,(H,12,14). The molecule has 5 heteroatoms. The van der Waals surface area contributed by atoms with Crippen molar-refractivity contribution >= 4 is 5.91 Å². The Bertz CT molecular complexity index is 339. The molecule has 0 saturated heterocycles. The molecule has 0 aliphatic rings. The van der Waals surface area contributed by atoms with Gasteiger partial charge in [-0.2, -0.15) is 0 Å². The van der Waals surface area contributed by atoms with E-state index in [4.69, 9.17) is 10.3 Å². The summed E-state index contributed by atoms with van der Waals surface area (Å²) < 4.78 is 4.74. The lowest BCUT2D eigenvalue weighted by atomic mass is 10.1. The first-order valence-corrected chi connectivity index (χ1v) is 4.84. The Morgan fingerprint density at radius 3 is 2.80 bits per heavy atom. The molecule has 0 fully saturated rings. The first kappa shape index (κ1) is 11.7. The van der Waals surface area contributed by atoms with Gasteiger partial charge < -0.3 is 15.6 Å². The molecule has 5 nitrogen and oxygen atoms in total. The number of aryl methyl sites for hydroxylation is 1. The van der Waals surface area contributed by atoms with Gasteiger partial charge in [-0.3, -0.25) is 4.79 Å². The highest BCUT2D eigenvalue weighted by Gasteiger charge is 2.13. The normalized spacial score (nSPS) is 11.5. The fourth-order valence-electron chi connectivity index (χ4n) is 1.04. The lowest BCUT2D eigenvalue weighted by Gasteiger charge is -2.18. The highest BCUT2D eigenvalue weighted by molar-refractivity contribution is 5.78. The van der Waals surface area contributed by atoms with E-state index in [9.17, 15) is 4.79 Å². The predicted octanol–water partition coefficient (Wildman–Crippen LogP) is 0.379. The molecule has 1 aromatic rings. The van der Waals surface area contributed by atoms with Crippen LogP contribution in [0, 0.1) is 6.92 Å². The second-order valence-corrected chi connectivity index (χ2v) is 4.37. The molecule has 0 atom stereocenters. The summed E-state index contributed by atoms with van der Waals surface area (Å²) in [5.41, 5.74) is 6.91. The largest absolute Gasteiger partial charge is 0.364 e. The van der Waals surface area contributed by atoms with Gasteiger partial charge in [0.2, 0.25) is 5.91 Å². The number of nitrogens with one attached hydrogen (secondary N) is 1. The van der Waals surface area contributed by atoms with E-state index in [-0.39, 0.29) is 17.9 Å². The summed E-state index contributed by atoms with van der Waals surface area (Å²) in [5, 5.41) is 6.45. The molecule has 0 saturated carbocycles. The number of aromatic nitrogens is 1. The van der Waals surface area contributed by atoms with Gasteiger partial charge in [0, 0.05) is 17.6 Å². The fourth-order valence-corrected chi connectivity index (χ4v) is 1.04. The molecule has 0 radical (unpaired) electrons. The van der Waals surface area contributed by atoms with E-state index in [1.165, 1.54) is 6.26 Å². The van der Waals surface area contributed by atoms with Crippen molar-refractivity contribution in [1.82, 2.24) is 10.5 Å². The number of hydrogen-bond donors (Lipinski definition) is 2. The Kier molecular flexibility index (Phi) is 3.47. The van der Waals surface area contributed by atoms with Crippen LogP contribution in [0.1, 0.15) is 25.1 Å². The Balaban J connectivity index is 2.41. The summed E-state index contributed by atoms with van der Waals surface area (Å²) in [6.07, 6.45) is 1.77. The zero-order chi connectivity index (χ0) is 11.5. The summed E-state index contributed by atoms with van der Waals surface area (Å²) in [6.45, 7) is 5.98. The molecule has 0 bridgehead atoms. The molecule has 0 aromatic carbocycles. The van der Waals surface area contributed by atoms with Crippen LogP contribution >= 0.6 is 0 Å². The maximum Gasteiger partial charge on any atom is 0.224 e. The zero-order valence-electron chi connectivity index (χ0n) is 9.33. The number of carbonyl (C=O) groups excluding carboxylic acids is 1. The summed E-state index contributed by atoms with van der Waals surface area (Å²) >= 11 is 0. The molecular formula is C10H17N3O2. The van der Waals surface area contributed by atoms with Gasteiger partial charge in [-0.05, 0) is 20.8 Å². The van der Waals surface area contributed by atoms with E-state index in [1.54, 1.807) is 6.92 Å². The number of carbonyl (C=O) groups is 1. The molecule has 1 amide bonds. The minimum absolute atomic E-state index is 0.0696. The van der Waals surface area contributed by atoms with Crippen LogP contribution in [-0.4, -0.2) is 23.1 Å². The van der Waals surface area contributed by atoms with Gasteiger partial charge >= 0.3 is 0 Å². The van der Waals surface area contributed by atoms with E-state index in [1.807, 2.05) is 13.8 Å². The average Bonchev–Trinajstić information content (AvgIpc) is 2.47. The van der Waals surface area contributed by atoms with Gasteiger partial charge in [-0.15, -0.1) is 0 Å². The number of rotatable bonds is 4. The maximum atomic E-state index is 11.5. The lowest BCUT2D eigenvalue weighted by Crippen LogP contribution is -2.45. The van der Waals surface area contributed by atoms with Crippen LogP contribution in [0.4, 0.5) is 0 Å². The maximum absolute atomic E-state index is 11.5. The topological polar surface area (TPSA) is 81.2 Å². The van der Waals surface area contributed by atoms with E-state index < -0.39 is 0 Å². The van der Waals surface area contributed by atoms with Crippen LogP contribution < -0.4 is 11.1 Å². The molecular weight excluding hydrogens is 194 g/mol. The molecule has 1 heterocycles. The predicted molar refractivity (Wildman–Crippen MR) is 56.2 cm³/mol. The third-order valence-electron chi connectivity index (χ3n) is 1.94. The van der Waals surface area contributed by atoms with Gasteiger partial charge in [-0.1, -0.05) is 5.16 Å². The number of amides is 1. The third-order valence-corrected chi connectivity index (χ3v) is 1.94. The van der Waals surface area contributed by atoms with Crippen molar-refractivity contribution in [2.45, 2.75) is 32.7 Å². The SMILES string of the molecule is Cc1nocc1CC(=O)NCC(C)(C)N. The van der Waals surface area contributed by atoms with Crippen LogP contribution in [0.25, 0.3) is 0 Å². The zero-order valence-corrected chi connectivity index (χ0v) is 9.33. The number of nitrogens with two attached hydrogens (primary N) is 1. The van der Waals surface area contributed by atoms with Crippen molar-refractivity contribution in [3.05, 3.63) is 17.5 Å². The second kappa shape index (κ2) is 4.44. The van der Waals surface area contributed by atoms with Crippen LogP contribution in [0.15, 0.2) is 10.8 Å². The van der Waals surface area contributed by atoms with Gasteiger partial charge in [0.25, 0.3) is 0 Å². The van der Waals surface area contributed by atoms with E-state index in [0.29, 0.717) is 6.54 Å². The Hall–Kier alpha value is -1.36. The van der Waals surface area contributed by atoms with Gasteiger partial charge in [0.1, 0.15) is 6.26 Å². The molecule has 84 valence electrons. The van der Waals surface area contributed by atoms with Crippen molar-refractivity contribution in [1.29, 1.82) is 0 Å². The lowest BCUT2D eigenvalue weighted by molar-refractivity contribution is -0.120. The highest BCUT2D eigenvalue weighted by Crippen LogP contribution is 2.05. The number of nitrogens with zero attached hydrogens (tertiary/aromatic N) is 1. The minimum Gasteiger partial charge on any atom is -0.364 e. The molecule has 15 heavy (non-hydrogen) atoms. The first-order chi connectivity index (χ1) is 6.88. The van der Waals surface area contributed by atoms with E-state index >= 15 is 0 Å². The Morgan fingerprint density at radius 2 is 2.33 bits per heavy atom. The monoisotopic (exact) mass is 211 g/mol. The molecule has 3 N–H and O–H groups in total. The van der Waals surface area contributed by atoms with E-state index in [2.05, 4.69) is 10.5 Å². The molecule has 1 aromatic heterocycles. The quantitative estimate of drug-likeness (QED) is 0.754. The van der Waals surface area contributed by atoms with Gasteiger partial charge in [0.15, 0.2) is 0 Å². The van der Waals surface area contributed by atoms with Crippen LogP contribution in [0.5, 0.6) is 0 Å². The summed E-state index contributed by atoms with van der Waals surface area (Å²) in [6, 6.07) is 0. The van der Waals surface area contributed by atoms with Crippen molar-refractivity contribution in [3.63, 3.8) is 0 Å². The Morgan fingerprint density at radius 1 is 1.67 bits per heavy atom. The number of hydrogen-bond acceptors (Lipinski definition) is 4. The molecule has 0 aliphatic carbocycles. The first-order valence-electron chi connectivity index (χ1n) is 4.84. The fraction of sp³-hybridized carbons (Fsp3) is 0.600. The molecule has 0 spiro atoms. The van der Waals surface area contributed by atoms with Crippen molar-refractivity contribution in [2.75, 3.05) is 6.54 Å². The highest BCUT2D eigenvalue weighted by atomic mass is 16.5. The Labute approximate surface area is 89.0 Å². The molecule has 1 rings (SSSR count). The average molecular weight is 211 g/mol. The van der Waals surface area contributed by atoms with Crippen molar-refractivity contribution in [3.8, 4) is 0 Å². The van der Waals surface area contributed by atoms with Crippen LogP contribution in [-0.2, 0) is 11.2 Å². The second-order valence-electron chi connectivity index (χ2n) is 4.37. The summed E-state index contributed by atoms with van der Waals surface area (Å²) in [7, 11) is 0. The van der Waals surface area contributed by atoms with E-state index in [0.717, 1.165) is 11.3 Å². The van der Waals surface area contributed by atoms with Gasteiger partial charge in [0.05, 0.1) is 12.1 Å². The van der Waals surface area contributed by atoms with Crippen molar-refractivity contribution in [2.24, 2.45) is 5.73 Å². The smallest absolute Gasteiger partial charge is 0.224 e. The van der Waals surface area contributed by atoms with Gasteiger partial charge in [-0.25, -0.2) is 0 Å². The minimum atomic E-state index is -0.390. The van der Waals surface area contributed by atoms with Crippen molar-refractivity contribution < 1.29 is 9.32 Å². The van der Waals surface area contributed by atoms with Crippen LogP contribution in [0.2, 0.25) is 0 Å². The summed E-state index contributed by atoms with van der Waals surface area (Å²) in [5.74, 6) is -0.0696. The molecule has 0 aliphatic heterocycles. The summed E-state index contributed by atoms with van der Waals surface area (Å²) in [4.78, 5) is 11.5. The third kappa shape index (κ3) is 4.12.